The number of rotatable bonds is 3. The molecule has 0 amide bonds. The Morgan fingerprint density at radius 1 is 1.24 bits per heavy atom. The zero-order valence-electron chi connectivity index (χ0n) is 9.04. The van der Waals surface area contributed by atoms with Gasteiger partial charge in [-0.15, -0.1) is 22.7 Å². The molecular weight excluding hydrogens is 250 g/mol. The predicted molar refractivity (Wildman–Crippen MR) is 72.6 cm³/mol. The molecule has 86 valence electrons. The normalized spacial score (nSPS) is 13.0. The highest BCUT2D eigenvalue weighted by Gasteiger charge is 2.10. The molecule has 3 aromatic heterocycles. The van der Waals surface area contributed by atoms with E-state index in [1.807, 2.05) is 35.0 Å². The molecule has 0 spiro atoms. The van der Waals surface area contributed by atoms with Gasteiger partial charge in [-0.1, -0.05) is 6.07 Å². The van der Waals surface area contributed by atoms with Gasteiger partial charge in [-0.05, 0) is 29.0 Å². The molecule has 0 radical (unpaired) electrons. The number of nitrogens with zero attached hydrogens (tertiary/aromatic N) is 1. The van der Waals surface area contributed by atoms with Crippen molar-refractivity contribution in [1.82, 2.24) is 4.98 Å². The van der Waals surface area contributed by atoms with E-state index in [4.69, 9.17) is 0 Å². The van der Waals surface area contributed by atoms with E-state index < -0.39 is 6.10 Å². The number of fused-ring (bicyclic) bond motifs is 1. The molecule has 0 aromatic carbocycles. The lowest BCUT2D eigenvalue weighted by atomic mass is 10.1. The fraction of sp³-hybridized carbons (Fsp3) is 0.154. The van der Waals surface area contributed by atoms with Gasteiger partial charge < -0.3 is 5.11 Å². The van der Waals surface area contributed by atoms with Crippen molar-refractivity contribution < 1.29 is 5.11 Å². The molecule has 3 aromatic rings. The minimum Gasteiger partial charge on any atom is -0.388 e. The molecule has 1 N–H and O–H groups in total. The van der Waals surface area contributed by atoms with Gasteiger partial charge in [0.1, 0.15) is 0 Å². The highest BCUT2D eigenvalue weighted by molar-refractivity contribution is 7.17. The van der Waals surface area contributed by atoms with E-state index in [0.717, 1.165) is 15.8 Å². The standard InChI is InChI=1S/C13H11NOS2/c15-12(7-10-2-1-4-16-10)9-6-13-11(14-8-9)3-5-17-13/h1-6,8,12,15H,7H2. The summed E-state index contributed by atoms with van der Waals surface area (Å²) in [6, 6.07) is 8.08. The highest BCUT2D eigenvalue weighted by atomic mass is 32.1. The molecular formula is C13H11NOS2. The van der Waals surface area contributed by atoms with Crippen LogP contribution in [-0.2, 0) is 6.42 Å². The van der Waals surface area contributed by atoms with Crippen LogP contribution in [-0.4, -0.2) is 10.1 Å². The Balaban J connectivity index is 1.87. The fourth-order valence-electron chi connectivity index (χ4n) is 1.78. The largest absolute Gasteiger partial charge is 0.388 e. The van der Waals surface area contributed by atoms with Crippen molar-refractivity contribution in [3.8, 4) is 0 Å². The van der Waals surface area contributed by atoms with Gasteiger partial charge in [-0.2, -0.15) is 0 Å². The van der Waals surface area contributed by atoms with Crippen molar-refractivity contribution in [2.45, 2.75) is 12.5 Å². The van der Waals surface area contributed by atoms with Crippen molar-refractivity contribution in [3.63, 3.8) is 0 Å². The molecule has 4 heteroatoms. The minimum absolute atomic E-state index is 0.465. The number of aliphatic hydroxyl groups is 1. The van der Waals surface area contributed by atoms with Crippen LogP contribution in [0.2, 0.25) is 0 Å². The van der Waals surface area contributed by atoms with Crippen LogP contribution in [0.5, 0.6) is 0 Å². The quantitative estimate of drug-likeness (QED) is 0.781. The highest BCUT2D eigenvalue weighted by Crippen LogP contribution is 2.25. The van der Waals surface area contributed by atoms with Crippen LogP contribution in [0, 0.1) is 0 Å². The van der Waals surface area contributed by atoms with E-state index in [9.17, 15) is 5.11 Å². The van der Waals surface area contributed by atoms with E-state index in [1.54, 1.807) is 28.9 Å². The fourth-order valence-corrected chi connectivity index (χ4v) is 3.31. The molecule has 2 nitrogen and oxygen atoms in total. The lowest BCUT2D eigenvalue weighted by Gasteiger charge is -2.09. The summed E-state index contributed by atoms with van der Waals surface area (Å²) in [4.78, 5) is 5.54. The summed E-state index contributed by atoms with van der Waals surface area (Å²) in [5, 5.41) is 14.2. The molecule has 3 rings (SSSR count). The monoisotopic (exact) mass is 261 g/mol. The minimum atomic E-state index is -0.465. The van der Waals surface area contributed by atoms with Crippen LogP contribution in [0.4, 0.5) is 0 Å². The van der Waals surface area contributed by atoms with Crippen molar-refractivity contribution in [3.05, 3.63) is 51.7 Å². The van der Waals surface area contributed by atoms with Crippen molar-refractivity contribution in [1.29, 1.82) is 0 Å². The molecule has 0 aliphatic rings. The van der Waals surface area contributed by atoms with Gasteiger partial charge in [0.25, 0.3) is 0 Å². The van der Waals surface area contributed by atoms with Crippen LogP contribution in [0.1, 0.15) is 16.5 Å². The SMILES string of the molecule is OC(Cc1cccs1)c1cnc2ccsc2c1. The van der Waals surface area contributed by atoms with Crippen molar-refractivity contribution in [2.75, 3.05) is 0 Å². The first-order chi connectivity index (χ1) is 8.33. The Labute approximate surface area is 107 Å². The summed E-state index contributed by atoms with van der Waals surface area (Å²) in [6.45, 7) is 0. The molecule has 0 aliphatic heterocycles. The molecule has 1 unspecified atom stereocenters. The summed E-state index contributed by atoms with van der Waals surface area (Å²) >= 11 is 3.33. The Kier molecular flexibility index (Phi) is 2.93. The van der Waals surface area contributed by atoms with Gasteiger partial charge in [0.2, 0.25) is 0 Å². The van der Waals surface area contributed by atoms with Crippen LogP contribution in [0.15, 0.2) is 41.2 Å². The van der Waals surface area contributed by atoms with Crippen LogP contribution in [0.25, 0.3) is 10.2 Å². The maximum absolute atomic E-state index is 10.2. The lowest BCUT2D eigenvalue weighted by Crippen LogP contribution is -2.00. The molecule has 0 fully saturated rings. The van der Waals surface area contributed by atoms with Crippen LogP contribution >= 0.6 is 22.7 Å². The molecule has 17 heavy (non-hydrogen) atoms. The van der Waals surface area contributed by atoms with Crippen LogP contribution in [0.3, 0.4) is 0 Å². The van der Waals surface area contributed by atoms with E-state index in [-0.39, 0.29) is 0 Å². The van der Waals surface area contributed by atoms with Gasteiger partial charge in [-0.25, -0.2) is 0 Å². The molecule has 0 aliphatic carbocycles. The average Bonchev–Trinajstić information content (AvgIpc) is 2.97. The van der Waals surface area contributed by atoms with Crippen LogP contribution < -0.4 is 0 Å². The third kappa shape index (κ3) is 2.24. The maximum Gasteiger partial charge on any atom is 0.0853 e. The third-order valence-corrected chi connectivity index (χ3v) is 4.44. The Morgan fingerprint density at radius 2 is 2.18 bits per heavy atom. The van der Waals surface area contributed by atoms with Gasteiger partial charge >= 0.3 is 0 Å². The summed E-state index contributed by atoms with van der Waals surface area (Å²) in [6.07, 6.45) is 1.97. The second-order valence-corrected chi connectivity index (χ2v) is 5.85. The zero-order chi connectivity index (χ0) is 11.7. The van der Waals surface area contributed by atoms with Gasteiger partial charge in [0, 0.05) is 23.1 Å². The van der Waals surface area contributed by atoms with Gasteiger partial charge in [-0.3, -0.25) is 4.98 Å². The second-order valence-electron chi connectivity index (χ2n) is 3.87. The number of hydrogen-bond acceptors (Lipinski definition) is 4. The topological polar surface area (TPSA) is 33.1 Å². The first-order valence-electron chi connectivity index (χ1n) is 5.36. The number of hydrogen-bond donors (Lipinski definition) is 1. The van der Waals surface area contributed by atoms with E-state index in [2.05, 4.69) is 4.98 Å². The summed E-state index contributed by atoms with van der Waals surface area (Å²) in [5.41, 5.74) is 1.90. The lowest BCUT2D eigenvalue weighted by molar-refractivity contribution is 0.179. The zero-order valence-corrected chi connectivity index (χ0v) is 10.7. The number of thiophene rings is 2. The predicted octanol–water partition coefficient (Wildman–Crippen LogP) is 3.63. The van der Waals surface area contributed by atoms with E-state index in [1.165, 1.54) is 4.88 Å². The average molecular weight is 261 g/mol. The maximum atomic E-state index is 10.2. The molecule has 3 heterocycles. The first-order valence-corrected chi connectivity index (χ1v) is 7.12. The molecule has 1 atom stereocenters. The second kappa shape index (κ2) is 4.56. The first kappa shape index (κ1) is 10.9. The number of aliphatic hydroxyl groups excluding tert-OH is 1. The third-order valence-electron chi connectivity index (χ3n) is 2.68. The molecule has 0 saturated carbocycles. The van der Waals surface area contributed by atoms with Gasteiger partial charge in [0.15, 0.2) is 0 Å². The Bertz CT molecular complexity index is 615. The van der Waals surface area contributed by atoms with E-state index in [0.29, 0.717) is 6.42 Å². The number of aromatic nitrogens is 1. The van der Waals surface area contributed by atoms with E-state index >= 15 is 0 Å². The van der Waals surface area contributed by atoms with Crippen molar-refractivity contribution in [2.24, 2.45) is 0 Å². The Hall–Kier alpha value is -1.23. The molecule has 0 saturated heterocycles. The van der Waals surface area contributed by atoms with Gasteiger partial charge in [0.05, 0.1) is 16.3 Å². The Morgan fingerprint density at radius 3 is 3.00 bits per heavy atom. The molecule has 0 bridgehead atoms. The number of pyridine rings is 1. The van der Waals surface area contributed by atoms with Crippen molar-refractivity contribution >= 4 is 32.9 Å². The smallest absolute Gasteiger partial charge is 0.0853 e. The summed E-state index contributed by atoms with van der Waals surface area (Å²) in [7, 11) is 0. The summed E-state index contributed by atoms with van der Waals surface area (Å²) in [5.74, 6) is 0. The summed E-state index contributed by atoms with van der Waals surface area (Å²) < 4.78 is 1.13.